The number of aryl methyl sites for hydroxylation is 1. The highest BCUT2D eigenvalue weighted by Crippen LogP contribution is 2.29. The summed E-state index contributed by atoms with van der Waals surface area (Å²) in [6.07, 6.45) is 1.44. The number of nitrogens with one attached hydrogen (secondary N) is 1. The number of nitrogens with zero attached hydrogens (tertiary/aromatic N) is 2. The number of ether oxygens (including phenoxy) is 3. The number of halogens is 1. The number of anilines is 1. The van der Waals surface area contributed by atoms with Gasteiger partial charge in [0.15, 0.2) is 11.5 Å². The highest BCUT2D eigenvalue weighted by molar-refractivity contribution is 7.92. The number of carbonyl (C=O) groups excluding carboxylic acids is 1. The predicted molar refractivity (Wildman–Crippen MR) is 168 cm³/mol. The number of amides is 1. The number of benzene rings is 4. The fourth-order valence-electron chi connectivity index (χ4n) is 4.03. The molecule has 0 aromatic heterocycles. The largest absolute Gasteiger partial charge is 0.497 e. The van der Waals surface area contributed by atoms with E-state index in [1.807, 2.05) is 32.0 Å². The van der Waals surface area contributed by atoms with Gasteiger partial charge < -0.3 is 14.2 Å². The van der Waals surface area contributed by atoms with Crippen LogP contribution in [0.4, 0.5) is 5.69 Å². The van der Waals surface area contributed by atoms with Gasteiger partial charge in [0, 0.05) is 5.02 Å². The first-order valence-electron chi connectivity index (χ1n) is 13.4. The molecule has 9 nitrogen and oxygen atoms in total. The summed E-state index contributed by atoms with van der Waals surface area (Å²) in [6, 6.07) is 25.5. The van der Waals surface area contributed by atoms with Gasteiger partial charge in [-0.2, -0.15) is 5.10 Å². The van der Waals surface area contributed by atoms with Crippen molar-refractivity contribution < 1.29 is 27.4 Å². The maximum Gasteiger partial charge on any atom is 0.264 e. The summed E-state index contributed by atoms with van der Waals surface area (Å²) >= 11 is 6.06. The zero-order valence-electron chi connectivity index (χ0n) is 24.0. The quantitative estimate of drug-likeness (QED) is 0.145. The third-order valence-corrected chi connectivity index (χ3v) is 8.23. The summed E-state index contributed by atoms with van der Waals surface area (Å²) in [5.74, 6) is 0.973. The van der Waals surface area contributed by atoms with Gasteiger partial charge in [-0.05, 0) is 91.7 Å². The van der Waals surface area contributed by atoms with E-state index < -0.39 is 22.5 Å². The highest BCUT2D eigenvalue weighted by Gasteiger charge is 2.27. The Morgan fingerprint density at radius 1 is 0.953 bits per heavy atom. The van der Waals surface area contributed by atoms with Gasteiger partial charge in [-0.25, -0.2) is 13.8 Å². The molecule has 4 aromatic carbocycles. The highest BCUT2D eigenvalue weighted by atomic mass is 35.5. The van der Waals surface area contributed by atoms with Crippen LogP contribution in [0.5, 0.6) is 17.2 Å². The lowest BCUT2D eigenvalue weighted by atomic mass is 10.2. The molecular weight excluding hydrogens is 590 g/mol. The molecule has 224 valence electrons. The molecule has 0 radical (unpaired) electrons. The molecule has 0 fully saturated rings. The Morgan fingerprint density at radius 3 is 2.37 bits per heavy atom. The fourth-order valence-corrected chi connectivity index (χ4v) is 5.66. The molecule has 4 aromatic rings. The van der Waals surface area contributed by atoms with Gasteiger partial charge in [-0.15, -0.1) is 0 Å². The van der Waals surface area contributed by atoms with Gasteiger partial charge in [0.25, 0.3) is 15.9 Å². The van der Waals surface area contributed by atoms with Gasteiger partial charge in [-0.3, -0.25) is 9.10 Å². The molecule has 0 aliphatic rings. The molecule has 0 saturated carbocycles. The average Bonchev–Trinajstić information content (AvgIpc) is 3.00. The number of hydrogen-bond donors (Lipinski definition) is 1. The van der Waals surface area contributed by atoms with E-state index in [4.69, 9.17) is 25.8 Å². The average molecular weight is 622 g/mol. The van der Waals surface area contributed by atoms with Crippen LogP contribution in [-0.4, -0.2) is 40.8 Å². The zero-order chi connectivity index (χ0) is 30.8. The van der Waals surface area contributed by atoms with Crippen molar-refractivity contribution in [3.8, 4) is 17.2 Å². The van der Waals surface area contributed by atoms with Crippen LogP contribution in [0.2, 0.25) is 5.02 Å². The van der Waals surface area contributed by atoms with Gasteiger partial charge in [-0.1, -0.05) is 41.4 Å². The van der Waals surface area contributed by atoms with Crippen molar-refractivity contribution in [3.05, 3.63) is 113 Å². The summed E-state index contributed by atoms with van der Waals surface area (Å²) in [5, 5.41) is 4.66. The lowest BCUT2D eigenvalue weighted by Crippen LogP contribution is -2.39. The Kier molecular flexibility index (Phi) is 10.6. The Balaban J connectivity index is 1.47. The van der Waals surface area contributed by atoms with Crippen LogP contribution in [0, 0.1) is 6.92 Å². The molecule has 0 bridgehead atoms. The summed E-state index contributed by atoms with van der Waals surface area (Å²) in [7, 11) is -2.55. The van der Waals surface area contributed by atoms with Crippen molar-refractivity contribution in [2.45, 2.75) is 25.3 Å². The number of carbonyl (C=O) groups is 1. The van der Waals surface area contributed by atoms with E-state index in [1.165, 1.54) is 25.5 Å². The van der Waals surface area contributed by atoms with Crippen LogP contribution in [-0.2, 0) is 21.4 Å². The van der Waals surface area contributed by atoms with Crippen LogP contribution in [0.15, 0.2) is 101 Å². The zero-order valence-corrected chi connectivity index (χ0v) is 25.6. The first-order chi connectivity index (χ1) is 20.7. The van der Waals surface area contributed by atoms with Gasteiger partial charge >= 0.3 is 0 Å². The third-order valence-electron chi connectivity index (χ3n) is 6.21. The molecule has 1 N–H and O–H groups in total. The van der Waals surface area contributed by atoms with Gasteiger partial charge in [0.2, 0.25) is 0 Å². The minimum absolute atomic E-state index is 0.0614. The lowest BCUT2D eigenvalue weighted by molar-refractivity contribution is -0.119. The molecule has 0 unspecified atom stereocenters. The summed E-state index contributed by atoms with van der Waals surface area (Å²) in [4.78, 5) is 13.0. The van der Waals surface area contributed by atoms with Crippen molar-refractivity contribution in [1.29, 1.82) is 0 Å². The van der Waals surface area contributed by atoms with E-state index >= 15 is 0 Å². The van der Waals surface area contributed by atoms with Crippen molar-refractivity contribution in [3.63, 3.8) is 0 Å². The van der Waals surface area contributed by atoms with Gasteiger partial charge in [0.1, 0.15) is 18.9 Å². The number of methoxy groups -OCH3 is 1. The smallest absolute Gasteiger partial charge is 0.264 e. The second kappa shape index (κ2) is 14.6. The molecule has 0 heterocycles. The van der Waals surface area contributed by atoms with E-state index in [1.54, 1.807) is 60.7 Å². The van der Waals surface area contributed by atoms with Gasteiger partial charge in [0.05, 0.1) is 30.5 Å². The Labute approximate surface area is 256 Å². The molecule has 0 aliphatic carbocycles. The molecule has 1 amide bonds. The second-order valence-electron chi connectivity index (χ2n) is 9.37. The number of rotatable bonds is 13. The molecular formula is C32H32ClN3O6S. The lowest BCUT2D eigenvalue weighted by Gasteiger charge is -2.24. The van der Waals surface area contributed by atoms with E-state index in [2.05, 4.69) is 10.5 Å². The summed E-state index contributed by atoms with van der Waals surface area (Å²) < 4.78 is 45.0. The molecule has 0 atom stereocenters. The SMILES string of the molecule is CCOc1cc(/C=N\NC(=O)CN(c2ccc(OC)cc2)S(=O)(=O)c2ccc(C)cc2)ccc1OCc1cccc(Cl)c1. The number of hydrazone groups is 1. The third kappa shape index (κ3) is 8.50. The standard InChI is InChI=1S/C32H32ClN3O6S/c1-4-41-31-19-24(10-17-30(31)42-22-25-6-5-7-26(33)18-25)20-34-35-32(37)21-36(27-11-13-28(40-3)14-12-27)43(38,39)29-15-8-23(2)9-16-29/h5-20H,4,21-22H2,1-3H3,(H,35,37)/b34-20-. The molecule has 0 saturated heterocycles. The van der Waals surface area contributed by atoms with E-state index in [0.29, 0.717) is 46.7 Å². The van der Waals surface area contributed by atoms with Crippen LogP contribution >= 0.6 is 11.6 Å². The minimum atomic E-state index is -4.07. The van der Waals surface area contributed by atoms with Crippen LogP contribution in [0.25, 0.3) is 0 Å². The van der Waals surface area contributed by atoms with E-state index in [0.717, 1.165) is 15.4 Å². The van der Waals surface area contributed by atoms with Crippen molar-refractivity contribution >= 4 is 39.4 Å². The monoisotopic (exact) mass is 621 g/mol. The normalized spacial score (nSPS) is 11.3. The predicted octanol–water partition coefficient (Wildman–Crippen LogP) is 5.98. The maximum absolute atomic E-state index is 13.6. The van der Waals surface area contributed by atoms with E-state index in [9.17, 15) is 13.2 Å². The molecule has 11 heteroatoms. The summed E-state index contributed by atoms with van der Waals surface area (Å²) in [6.45, 7) is 3.95. The Hall–Kier alpha value is -4.54. The first-order valence-corrected chi connectivity index (χ1v) is 15.2. The van der Waals surface area contributed by atoms with Crippen LogP contribution in [0.3, 0.4) is 0 Å². The molecule has 0 aliphatic heterocycles. The van der Waals surface area contributed by atoms with Crippen LogP contribution < -0.4 is 23.9 Å². The number of hydrogen-bond acceptors (Lipinski definition) is 7. The number of sulfonamides is 1. The van der Waals surface area contributed by atoms with Crippen LogP contribution in [0.1, 0.15) is 23.6 Å². The van der Waals surface area contributed by atoms with Crippen molar-refractivity contribution in [2.75, 3.05) is 24.6 Å². The second-order valence-corrected chi connectivity index (χ2v) is 11.7. The first kappa shape index (κ1) is 31.4. The molecule has 0 spiro atoms. The molecule has 4 rings (SSSR count). The van der Waals surface area contributed by atoms with E-state index in [-0.39, 0.29) is 4.90 Å². The maximum atomic E-state index is 13.6. The minimum Gasteiger partial charge on any atom is -0.497 e. The molecule has 43 heavy (non-hydrogen) atoms. The summed E-state index contributed by atoms with van der Waals surface area (Å²) in [5.41, 5.74) is 5.18. The fraction of sp³-hybridized carbons (Fsp3) is 0.188. The van der Waals surface area contributed by atoms with Crippen molar-refractivity contribution in [2.24, 2.45) is 5.10 Å². The topological polar surface area (TPSA) is 107 Å². The Bertz CT molecular complexity index is 1680. The Morgan fingerprint density at radius 2 is 1.70 bits per heavy atom. The van der Waals surface area contributed by atoms with Crippen molar-refractivity contribution in [1.82, 2.24) is 5.43 Å².